The topological polar surface area (TPSA) is 49.4 Å². The van der Waals surface area contributed by atoms with Crippen LogP contribution in [0.25, 0.3) is 0 Å². The number of hydrogen-bond donors (Lipinski definition) is 1. The van der Waals surface area contributed by atoms with Crippen molar-refractivity contribution in [2.75, 3.05) is 6.54 Å². The van der Waals surface area contributed by atoms with Crippen molar-refractivity contribution in [1.29, 1.82) is 0 Å². The highest BCUT2D eigenvalue weighted by molar-refractivity contribution is 5.96. The van der Waals surface area contributed by atoms with Gasteiger partial charge in [-0.3, -0.25) is 9.59 Å². The number of benzene rings is 1. The number of carbonyl (C=O) groups is 2. The SMILES string of the molecule is CCN1C(=O)C(C)NC(=O)C1Cc1ccccc1. The van der Waals surface area contributed by atoms with Gasteiger partial charge in [-0.2, -0.15) is 0 Å². The molecule has 2 amide bonds. The first-order chi connectivity index (χ1) is 8.63. The number of hydrogen-bond acceptors (Lipinski definition) is 2. The molecule has 1 aliphatic rings. The van der Waals surface area contributed by atoms with E-state index in [-0.39, 0.29) is 17.9 Å². The van der Waals surface area contributed by atoms with Crippen molar-refractivity contribution in [2.24, 2.45) is 0 Å². The molecule has 0 saturated carbocycles. The monoisotopic (exact) mass is 246 g/mol. The van der Waals surface area contributed by atoms with Gasteiger partial charge >= 0.3 is 0 Å². The van der Waals surface area contributed by atoms with Crippen LogP contribution >= 0.6 is 0 Å². The summed E-state index contributed by atoms with van der Waals surface area (Å²) in [7, 11) is 0. The summed E-state index contributed by atoms with van der Waals surface area (Å²) < 4.78 is 0. The van der Waals surface area contributed by atoms with Gasteiger partial charge in [0.1, 0.15) is 12.1 Å². The van der Waals surface area contributed by atoms with Gasteiger partial charge in [-0.1, -0.05) is 30.3 Å². The third-order valence-electron chi connectivity index (χ3n) is 3.30. The fourth-order valence-electron chi connectivity index (χ4n) is 2.33. The van der Waals surface area contributed by atoms with E-state index in [0.29, 0.717) is 13.0 Å². The fourth-order valence-corrected chi connectivity index (χ4v) is 2.33. The molecule has 1 aromatic carbocycles. The van der Waals surface area contributed by atoms with Gasteiger partial charge in [0.25, 0.3) is 0 Å². The quantitative estimate of drug-likeness (QED) is 0.863. The summed E-state index contributed by atoms with van der Waals surface area (Å²) >= 11 is 0. The zero-order chi connectivity index (χ0) is 13.1. The van der Waals surface area contributed by atoms with Gasteiger partial charge in [-0.15, -0.1) is 0 Å². The Morgan fingerprint density at radius 2 is 1.89 bits per heavy atom. The molecule has 96 valence electrons. The van der Waals surface area contributed by atoms with Crippen molar-refractivity contribution in [3.63, 3.8) is 0 Å². The molecule has 4 heteroatoms. The van der Waals surface area contributed by atoms with E-state index in [2.05, 4.69) is 5.32 Å². The molecule has 2 atom stereocenters. The van der Waals surface area contributed by atoms with Crippen LogP contribution in [0.5, 0.6) is 0 Å². The molecular weight excluding hydrogens is 228 g/mol. The zero-order valence-electron chi connectivity index (χ0n) is 10.7. The maximum atomic E-state index is 12.0. The molecule has 1 N–H and O–H groups in total. The Morgan fingerprint density at radius 1 is 1.22 bits per heavy atom. The van der Waals surface area contributed by atoms with Gasteiger partial charge in [0.15, 0.2) is 0 Å². The lowest BCUT2D eigenvalue weighted by Gasteiger charge is -2.37. The normalized spacial score (nSPS) is 24.0. The number of piperazine rings is 1. The van der Waals surface area contributed by atoms with Gasteiger partial charge in [0.05, 0.1) is 0 Å². The smallest absolute Gasteiger partial charge is 0.245 e. The second-order valence-corrected chi connectivity index (χ2v) is 4.56. The van der Waals surface area contributed by atoms with E-state index in [1.54, 1.807) is 11.8 Å². The molecule has 1 heterocycles. The van der Waals surface area contributed by atoms with Crippen LogP contribution in [0.1, 0.15) is 19.4 Å². The number of carbonyl (C=O) groups excluding carboxylic acids is 2. The van der Waals surface area contributed by atoms with Crippen LogP contribution in [0.4, 0.5) is 0 Å². The fraction of sp³-hybridized carbons (Fsp3) is 0.429. The summed E-state index contributed by atoms with van der Waals surface area (Å²) in [6.07, 6.45) is 0.568. The number of amides is 2. The van der Waals surface area contributed by atoms with Gasteiger partial charge < -0.3 is 10.2 Å². The van der Waals surface area contributed by atoms with E-state index in [1.165, 1.54) is 0 Å². The van der Waals surface area contributed by atoms with E-state index in [1.807, 2.05) is 37.3 Å². The summed E-state index contributed by atoms with van der Waals surface area (Å²) in [4.78, 5) is 25.7. The largest absolute Gasteiger partial charge is 0.343 e. The Morgan fingerprint density at radius 3 is 2.50 bits per heavy atom. The lowest BCUT2D eigenvalue weighted by molar-refractivity contribution is -0.148. The summed E-state index contributed by atoms with van der Waals surface area (Å²) in [5.41, 5.74) is 1.07. The Balaban J connectivity index is 2.19. The standard InChI is InChI=1S/C14H18N2O2/c1-3-16-12(9-11-7-5-4-6-8-11)13(17)15-10(2)14(16)18/h4-8,10,12H,3,9H2,1-2H3,(H,15,17). The number of likely N-dealkylation sites (N-methyl/N-ethyl adjacent to an activating group) is 1. The Hall–Kier alpha value is -1.84. The Labute approximate surface area is 107 Å². The lowest BCUT2D eigenvalue weighted by atomic mass is 10.00. The van der Waals surface area contributed by atoms with Crippen LogP contribution in [0.15, 0.2) is 30.3 Å². The van der Waals surface area contributed by atoms with Crippen molar-refractivity contribution < 1.29 is 9.59 Å². The van der Waals surface area contributed by atoms with Crippen molar-refractivity contribution >= 4 is 11.8 Å². The van der Waals surface area contributed by atoms with Crippen molar-refractivity contribution in [3.8, 4) is 0 Å². The van der Waals surface area contributed by atoms with Crippen molar-refractivity contribution in [1.82, 2.24) is 10.2 Å². The highest BCUT2D eigenvalue weighted by Gasteiger charge is 2.37. The van der Waals surface area contributed by atoms with E-state index in [0.717, 1.165) is 5.56 Å². The maximum absolute atomic E-state index is 12.0. The van der Waals surface area contributed by atoms with Crippen molar-refractivity contribution in [3.05, 3.63) is 35.9 Å². The lowest BCUT2D eigenvalue weighted by Crippen LogP contribution is -2.62. The molecule has 0 aliphatic carbocycles. The first-order valence-electron chi connectivity index (χ1n) is 6.28. The minimum Gasteiger partial charge on any atom is -0.343 e. The van der Waals surface area contributed by atoms with Crippen LogP contribution in [0.2, 0.25) is 0 Å². The maximum Gasteiger partial charge on any atom is 0.245 e. The van der Waals surface area contributed by atoms with E-state index < -0.39 is 6.04 Å². The highest BCUT2D eigenvalue weighted by atomic mass is 16.2. The van der Waals surface area contributed by atoms with Crippen LogP contribution in [0, 0.1) is 0 Å². The molecule has 1 aliphatic heterocycles. The molecule has 1 aromatic rings. The minimum absolute atomic E-state index is 0.00182. The summed E-state index contributed by atoms with van der Waals surface area (Å²) in [5.74, 6) is -0.0640. The number of nitrogens with one attached hydrogen (secondary N) is 1. The molecule has 0 bridgehead atoms. The molecule has 18 heavy (non-hydrogen) atoms. The molecule has 1 saturated heterocycles. The molecule has 4 nitrogen and oxygen atoms in total. The molecule has 0 aromatic heterocycles. The van der Waals surface area contributed by atoms with Crippen LogP contribution in [-0.2, 0) is 16.0 Å². The van der Waals surface area contributed by atoms with Crippen LogP contribution in [0.3, 0.4) is 0 Å². The first-order valence-corrected chi connectivity index (χ1v) is 6.28. The minimum atomic E-state index is -0.413. The number of rotatable bonds is 3. The molecule has 0 radical (unpaired) electrons. The highest BCUT2D eigenvalue weighted by Crippen LogP contribution is 2.14. The second-order valence-electron chi connectivity index (χ2n) is 4.56. The Kier molecular flexibility index (Phi) is 3.65. The van der Waals surface area contributed by atoms with Gasteiger partial charge in [-0.05, 0) is 19.4 Å². The second kappa shape index (κ2) is 5.21. The van der Waals surface area contributed by atoms with Gasteiger partial charge in [-0.25, -0.2) is 0 Å². The van der Waals surface area contributed by atoms with E-state index in [4.69, 9.17) is 0 Å². The summed E-state index contributed by atoms with van der Waals surface area (Å²) in [6.45, 7) is 4.19. The molecule has 1 fully saturated rings. The number of nitrogens with zero attached hydrogens (tertiary/aromatic N) is 1. The molecule has 2 unspecified atom stereocenters. The molecule has 2 rings (SSSR count). The Bertz CT molecular complexity index is 444. The summed E-state index contributed by atoms with van der Waals surface area (Å²) in [6, 6.07) is 8.97. The average Bonchev–Trinajstić information content (AvgIpc) is 2.37. The summed E-state index contributed by atoms with van der Waals surface area (Å²) in [5, 5.41) is 2.73. The predicted octanol–water partition coefficient (Wildman–Crippen LogP) is 0.964. The first kappa shape index (κ1) is 12.6. The van der Waals surface area contributed by atoms with Gasteiger partial charge in [0.2, 0.25) is 11.8 Å². The van der Waals surface area contributed by atoms with E-state index >= 15 is 0 Å². The molecule has 0 spiro atoms. The molecular formula is C14H18N2O2. The zero-order valence-corrected chi connectivity index (χ0v) is 10.7. The van der Waals surface area contributed by atoms with E-state index in [9.17, 15) is 9.59 Å². The third kappa shape index (κ3) is 2.37. The van der Waals surface area contributed by atoms with Crippen LogP contribution in [-0.4, -0.2) is 35.3 Å². The van der Waals surface area contributed by atoms with Crippen molar-refractivity contribution in [2.45, 2.75) is 32.4 Å². The average molecular weight is 246 g/mol. The van der Waals surface area contributed by atoms with Gasteiger partial charge in [0, 0.05) is 13.0 Å². The van der Waals surface area contributed by atoms with Crippen LogP contribution < -0.4 is 5.32 Å². The third-order valence-corrected chi connectivity index (χ3v) is 3.30. The predicted molar refractivity (Wildman–Crippen MR) is 68.9 cm³/mol.